The van der Waals surface area contributed by atoms with E-state index in [1.54, 1.807) is 0 Å². The van der Waals surface area contributed by atoms with E-state index >= 15 is 0 Å². The van der Waals surface area contributed by atoms with Gasteiger partial charge in [0.1, 0.15) is 0 Å². The smallest absolute Gasteiger partial charge is 0.349 e. The quantitative estimate of drug-likeness (QED) is 0.676. The van der Waals surface area contributed by atoms with E-state index in [0.29, 0.717) is 12.0 Å². The Hall–Kier alpha value is -2.26. The van der Waals surface area contributed by atoms with Gasteiger partial charge in [-0.1, -0.05) is 17.7 Å². The molecule has 0 aliphatic heterocycles. The summed E-state index contributed by atoms with van der Waals surface area (Å²) in [7, 11) is -4.27. The Kier molecular flexibility index (Phi) is 5.82. The summed E-state index contributed by atoms with van der Waals surface area (Å²) in [5.41, 5.74) is -1.31. The first kappa shape index (κ1) is 21.4. The van der Waals surface area contributed by atoms with Crippen LogP contribution < -0.4 is 10.0 Å². The zero-order valence-electron chi connectivity index (χ0n) is 15.3. The molecular formula is C19H18ClF3N2O3S. The Balaban J connectivity index is 1.84. The third-order valence-corrected chi connectivity index (χ3v) is 6.33. The van der Waals surface area contributed by atoms with Crippen LogP contribution in [-0.2, 0) is 16.2 Å². The maximum Gasteiger partial charge on any atom is 0.416 e. The van der Waals surface area contributed by atoms with E-state index in [4.69, 9.17) is 11.6 Å². The van der Waals surface area contributed by atoms with E-state index in [1.807, 2.05) is 6.92 Å². The van der Waals surface area contributed by atoms with Crippen molar-refractivity contribution in [2.24, 2.45) is 5.92 Å². The maximum absolute atomic E-state index is 12.9. The van der Waals surface area contributed by atoms with Gasteiger partial charge in [-0.2, -0.15) is 13.2 Å². The van der Waals surface area contributed by atoms with E-state index in [-0.39, 0.29) is 21.5 Å². The summed E-state index contributed by atoms with van der Waals surface area (Å²) in [5.74, 6) is 0.00846. The van der Waals surface area contributed by atoms with Crippen molar-refractivity contribution in [3.05, 3.63) is 58.6 Å². The number of carbonyl (C=O) groups excluding carboxylic acids is 1. The van der Waals surface area contributed by atoms with E-state index in [1.165, 1.54) is 24.3 Å². The number of nitrogens with one attached hydrogen (secondary N) is 2. The third kappa shape index (κ3) is 5.22. The summed E-state index contributed by atoms with van der Waals surface area (Å²) in [6.45, 7) is 1.88. The molecule has 156 valence electrons. The first-order chi connectivity index (χ1) is 13.5. The molecule has 2 N–H and O–H groups in total. The minimum Gasteiger partial charge on any atom is -0.349 e. The van der Waals surface area contributed by atoms with Gasteiger partial charge >= 0.3 is 6.18 Å². The molecule has 1 atom stereocenters. The number of carbonyl (C=O) groups is 1. The topological polar surface area (TPSA) is 75.3 Å². The molecule has 0 saturated heterocycles. The van der Waals surface area contributed by atoms with Crippen LogP contribution in [0, 0.1) is 5.92 Å². The highest BCUT2D eigenvalue weighted by Crippen LogP contribution is 2.35. The molecule has 1 unspecified atom stereocenters. The van der Waals surface area contributed by atoms with Crippen LogP contribution in [0.5, 0.6) is 0 Å². The number of amides is 1. The van der Waals surface area contributed by atoms with Crippen molar-refractivity contribution in [3.63, 3.8) is 0 Å². The minimum atomic E-state index is -4.65. The second-order valence-corrected chi connectivity index (χ2v) is 9.01. The predicted molar refractivity (Wildman–Crippen MR) is 103 cm³/mol. The molecule has 2 aromatic rings. The zero-order chi connectivity index (χ0) is 21.4. The molecule has 1 saturated carbocycles. The largest absolute Gasteiger partial charge is 0.416 e. The van der Waals surface area contributed by atoms with Crippen LogP contribution >= 0.6 is 11.6 Å². The molecule has 29 heavy (non-hydrogen) atoms. The molecule has 1 aliphatic rings. The Labute approximate surface area is 171 Å². The molecule has 10 heteroatoms. The van der Waals surface area contributed by atoms with Crippen molar-refractivity contribution in [1.29, 1.82) is 0 Å². The Morgan fingerprint density at radius 1 is 1.17 bits per heavy atom. The molecule has 0 aromatic heterocycles. The van der Waals surface area contributed by atoms with Gasteiger partial charge in [-0.3, -0.25) is 9.52 Å². The molecule has 0 spiro atoms. The van der Waals surface area contributed by atoms with Gasteiger partial charge in [-0.15, -0.1) is 0 Å². The Bertz CT molecular complexity index is 1040. The summed E-state index contributed by atoms with van der Waals surface area (Å²) < 4.78 is 66.0. The number of alkyl halides is 3. The SMILES string of the molecule is CC(NC(=O)c1cccc(S(=O)(=O)Nc2cc(C(F)(F)F)ccc2Cl)c1)C1CC1. The zero-order valence-corrected chi connectivity index (χ0v) is 16.8. The lowest BCUT2D eigenvalue weighted by atomic mass is 10.1. The van der Waals surface area contributed by atoms with Crippen molar-refractivity contribution in [1.82, 2.24) is 5.32 Å². The fraction of sp³-hybridized carbons (Fsp3) is 0.316. The van der Waals surface area contributed by atoms with E-state index in [0.717, 1.165) is 25.0 Å². The number of hydrogen-bond acceptors (Lipinski definition) is 3. The normalized spacial score (nSPS) is 15.6. The van der Waals surface area contributed by atoms with Gasteiger partial charge < -0.3 is 5.32 Å². The highest BCUT2D eigenvalue weighted by molar-refractivity contribution is 7.92. The highest BCUT2D eigenvalue weighted by atomic mass is 35.5. The fourth-order valence-electron chi connectivity index (χ4n) is 2.79. The van der Waals surface area contributed by atoms with Gasteiger partial charge in [-0.25, -0.2) is 8.42 Å². The molecule has 0 radical (unpaired) electrons. The number of sulfonamides is 1. The number of hydrogen-bond donors (Lipinski definition) is 2. The predicted octanol–water partition coefficient (Wildman–Crippen LogP) is 4.69. The Morgan fingerprint density at radius 2 is 1.86 bits per heavy atom. The summed E-state index contributed by atoms with van der Waals surface area (Å²) >= 11 is 5.86. The highest BCUT2D eigenvalue weighted by Gasteiger charge is 2.32. The fourth-order valence-corrected chi connectivity index (χ4v) is 4.13. The number of benzene rings is 2. The van der Waals surface area contributed by atoms with Gasteiger partial charge in [0.25, 0.3) is 15.9 Å². The van der Waals surface area contributed by atoms with Crippen molar-refractivity contribution in [3.8, 4) is 0 Å². The molecule has 1 aliphatic carbocycles. The van der Waals surface area contributed by atoms with Crippen LogP contribution in [0.25, 0.3) is 0 Å². The van der Waals surface area contributed by atoms with E-state index in [2.05, 4.69) is 10.0 Å². The summed E-state index contributed by atoms with van der Waals surface area (Å²) in [6.07, 6.45) is -2.57. The second kappa shape index (κ2) is 7.87. The van der Waals surface area contributed by atoms with Crippen molar-refractivity contribution >= 4 is 33.2 Å². The summed E-state index contributed by atoms with van der Waals surface area (Å²) in [5, 5.41) is 2.63. The number of rotatable bonds is 6. The van der Waals surface area contributed by atoms with Crippen LogP contribution in [0.15, 0.2) is 47.4 Å². The van der Waals surface area contributed by atoms with E-state index in [9.17, 15) is 26.4 Å². The maximum atomic E-state index is 12.9. The van der Waals surface area contributed by atoms with Crippen LogP contribution in [0.2, 0.25) is 5.02 Å². The first-order valence-corrected chi connectivity index (χ1v) is 10.6. The summed E-state index contributed by atoms with van der Waals surface area (Å²) in [4.78, 5) is 12.1. The molecular weight excluding hydrogens is 429 g/mol. The van der Waals surface area contributed by atoms with Crippen LogP contribution in [0.3, 0.4) is 0 Å². The van der Waals surface area contributed by atoms with Crippen molar-refractivity contribution < 1.29 is 26.4 Å². The van der Waals surface area contributed by atoms with Gasteiger partial charge in [0.2, 0.25) is 0 Å². The average Bonchev–Trinajstić information content (AvgIpc) is 3.48. The van der Waals surface area contributed by atoms with Gasteiger partial charge in [0, 0.05) is 11.6 Å². The molecule has 1 fully saturated rings. The lowest BCUT2D eigenvalue weighted by Gasteiger charge is -2.15. The standard InChI is InChI=1S/C19H18ClF3N2O3S/c1-11(12-5-6-12)24-18(26)13-3-2-4-15(9-13)29(27,28)25-17-10-14(19(21,22)23)7-8-16(17)20/h2-4,7-12,25H,5-6H2,1H3,(H,24,26). The molecule has 0 bridgehead atoms. The molecule has 0 heterocycles. The van der Waals surface area contributed by atoms with Crippen LogP contribution in [0.4, 0.5) is 18.9 Å². The number of halogens is 4. The van der Waals surface area contributed by atoms with Gasteiger partial charge in [-0.05, 0) is 62.1 Å². The molecule has 1 amide bonds. The Morgan fingerprint density at radius 3 is 2.48 bits per heavy atom. The van der Waals surface area contributed by atoms with Crippen molar-refractivity contribution in [2.75, 3.05) is 4.72 Å². The number of anilines is 1. The van der Waals surface area contributed by atoms with Gasteiger partial charge in [0.15, 0.2) is 0 Å². The average molecular weight is 447 g/mol. The lowest BCUT2D eigenvalue weighted by Crippen LogP contribution is -2.34. The van der Waals surface area contributed by atoms with Crippen LogP contribution in [-0.4, -0.2) is 20.4 Å². The first-order valence-electron chi connectivity index (χ1n) is 8.78. The second-order valence-electron chi connectivity index (χ2n) is 6.93. The van der Waals surface area contributed by atoms with Crippen molar-refractivity contribution in [2.45, 2.75) is 36.9 Å². The molecule has 3 rings (SSSR count). The monoisotopic (exact) mass is 446 g/mol. The molecule has 5 nitrogen and oxygen atoms in total. The molecule has 2 aromatic carbocycles. The third-order valence-electron chi connectivity index (χ3n) is 4.63. The van der Waals surface area contributed by atoms with Crippen LogP contribution in [0.1, 0.15) is 35.7 Å². The minimum absolute atomic E-state index is 0.0233. The summed E-state index contributed by atoms with van der Waals surface area (Å²) in [6, 6.07) is 7.57. The van der Waals surface area contributed by atoms with Gasteiger partial charge in [0.05, 0.1) is 21.2 Å². The lowest BCUT2D eigenvalue weighted by molar-refractivity contribution is -0.137. The van der Waals surface area contributed by atoms with E-state index < -0.39 is 33.4 Å².